The molecule has 0 atom stereocenters. The lowest BCUT2D eigenvalue weighted by Gasteiger charge is -2.17. The summed E-state index contributed by atoms with van der Waals surface area (Å²) in [6.45, 7) is 0. The van der Waals surface area contributed by atoms with Crippen molar-refractivity contribution in [3.8, 4) is 45.5 Å². The summed E-state index contributed by atoms with van der Waals surface area (Å²) in [4.78, 5) is 0. The minimum absolute atomic E-state index is 0.551. The first-order valence-corrected chi connectivity index (χ1v) is 15.3. The number of fused-ring (bicyclic) bond motifs is 6. The standard InChI is InChI=1S/C38H20N2S2/c39-21-25-7-1-2-8-27(25)38-28(24-14-16-32-30-10-4-6-12-35(30)42-37(32)20-24)18-17-26(33(38)22-40)23-13-15-31-29-9-3-5-11-34(29)41-36(31)19-23/h1-20H. The molecule has 42 heavy (non-hydrogen) atoms. The Morgan fingerprint density at radius 1 is 0.429 bits per heavy atom. The van der Waals surface area contributed by atoms with Crippen molar-refractivity contribution in [3.05, 3.63) is 132 Å². The quantitative estimate of drug-likeness (QED) is 0.213. The zero-order valence-electron chi connectivity index (χ0n) is 22.3. The summed E-state index contributed by atoms with van der Waals surface area (Å²) in [5.41, 5.74) is 6.53. The Morgan fingerprint density at radius 2 is 0.952 bits per heavy atom. The van der Waals surface area contributed by atoms with E-state index in [9.17, 15) is 10.5 Å². The first kappa shape index (κ1) is 24.5. The number of rotatable bonds is 3. The maximum absolute atomic E-state index is 10.7. The van der Waals surface area contributed by atoms with Crippen LogP contribution >= 0.6 is 22.7 Å². The second-order valence-corrected chi connectivity index (χ2v) is 12.5. The average molecular weight is 569 g/mol. The Hall–Kier alpha value is -5.26. The van der Waals surface area contributed by atoms with Crippen LogP contribution in [0.2, 0.25) is 0 Å². The summed E-state index contributed by atoms with van der Waals surface area (Å²) >= 11 is 3.54. The lowest BCUT2D eigenvalue weighted by Crippen LogP contribution is -1.96. The minimum atomic E-state index is 0.551. The monoisotopic (exact) mass is 568 g/mol. The number of nitrogens with zero attached hydrogens (tertiary/aromatic N) is 2. The van der Waals surface area contributed by atoms with Crippen LogP contribution < -0.4 is 0 Å². The molecule has 0 unspecified atom stereocenters. The molecule has 8 aromatic rings. The van der Waals surface area contributed by atoms with Gasteiger partial charge in [-0.25, -0.2) is 0 Å². The van der Waals surface area contributed by atoms with Crippen LogP contribution in [0.5, 0.6) is 0 Å². The largest absolute Gasteiger partial charge is 0.192 e. The number of hydrogen-bond donors (Lipinski definition) is 0. The molecular weight excluding hydrogens is 549 g/mol. The molecule has 0 aliphatic carbocycles. The summed E-state index contributed by atoms with van der Waals surface area (Å²) in [6, 6.07) is 46.6. The summed E-state index contributed by atoms with van der Waals surface area (Å²) in [5.74, 6) is 0. The summed E-state index contributed by atoms with van der Waals surface area (Å²) in [7, 11) is 0. The fourth-order valence-electron chi connectivity index (χ4n) is 6.07. The van der Waals surface area contributed by atoms with Crippen LogP contribution in [0, 0.1) is 22.7 Å². The van der Waals surface area contributed by atoms with E-state index in [1.165, 1.54) is 40.3 Å². The molecule has 0 spiro atoms. The molecule has 0 aliphatic heterocycles. The maximum Gasteiger partial charge on any atom is 0.100 e. The van der Waals surface area contributed by atoms with E-state index in [0.29, 0.717) is 11.1 Å². The summed E-state index contributed by atoms with van der Waals surface area (Å²) in [6.07, 6.45) is 0. The molecular formula is C38H20N2S2. The fourth-order valence-corrected chi connectivity index (χ4v) is 8.36. The van der Waals surface area contributed by atoms with E-state index in [0.717, 1.165) is 33.4 Å². The van der Waals surface area contributed by atoms with Crippen molar-refractivity contribution >= 4 is 63.0 Å². The fraction of sp³-hybridized carbons (Fsp3) is 0. The molecule has 8 rings (SSSR count). The summed E-state index contributed by atoms with van der Waals surface area (Å²) < 4.78 is 4.90. The molecule has 0 radical (unpaired) electrons. The third kappa shape index (κ3) is 3.75. The topological polar surface area (TPSA) is 47.6 Å². The molecule has 194 valence electrons. The van der Waals surface area contributed by atoms with Crippen molar-refractivity contribution in [2.75, 3.05) is 0 Å². The lowest BCUT2D eigenvalue weighted by molar-refractivity contribution is 1.45. The molecule has 0 N–H and O–H groups in total. The van der Waals surface area contributed by atoms with Gasteiger partial charge in [-0.1, -0.05) is 91.0 Å². The normalized spacial score (nSPS) is 11.3. The molecule has 2 nitrogen and oxygen atoms in total. The lowest BCUT2D eigenvalue weighted by atomic mass is 9.84. The van der Waals surface area contributed by atoms with Gasteiger partial charge in [-0.2, -0.15) is 10.5 Å². The van der Waals surface area contributed by atoms with Crippen molar-refractivity contribution in [2.45, 2.75) is 0 Å². The van der Waals surface area contributed by atoms with E-state index in [1.54, 1.807) is 22.7 Å². The summed E-state index contributed by atoms with van der Waals surface area (Å²) in [5, 5.41) is 25.7. The van der Waals surface area contributed by atoms with Gasteiger partial charge in [-0.15, -0.1) is 22.7 Å². The van der Waals surface area contributed by atoms with Crippen LogP contribution in [0.4, 0.5) is 0 Å². The molecule has 6 aromatic carbocycles. The Morgan fingerprint density at radius 3 is 1.57 bits per heavy atom. The van der Waals surface area contributed by atoms with Crippen LogP contribution in [0.3, 0.4) is 0 Å². The molecule has 0 aliphatic rings. The van der Waals surface area contributed by atoms with Gasteiger partial charge in [0, 0.05) is 57.0 Å². The van der Waals surface area contributed by atoms with Gasteiger partial charge >= 0.3 is 0 Å². The van der Waals surface area contributed by atoms with Gasteiger partial charge in [0.05, 0.1) is 17.2 Å². The highest BCUT2D eigenvalue weighted by molar-refractivity contribution is 7.26. The van der Waals surface area contributed by atoms with Gasteiger partial charge < -0.3 is 0 Å². The van der Waals surface area contributed by atoms with E-state index in [1.807, 2.05) is 24.3 Å². The third-order valence-corrected chi connectivity index (χ3v) is 10.3. The van der Waals surface area contributed by atoms with Crippen LogP contribution in [0.15, 0.2) is 121 Å². The van der Waals surface area contributed by atoms with Crippen molar-refractivity contribution in [1.29, 1.82) is 10.5 Å². The SMILES string of the molecule is N#Cc1ccccc1-c1c(-c2ccc3c(c2)sc2ccccc23)ccc(-c2ccc3c(c2)sc2ccccc23)c1C#N. The van der Waals surface area contributed by atoms with Crippen molar-refractivity contribution < 1.29 is 0 Å². The molecule has 0 bridgehead atoms. The number of thiophene rings is 2. The Balaban J connectivity index is 1.39. The van der Waals surface area contributed by atoms with E-state index < -0.39 is 0 Å². The van der Waals surface area contributed by atoms with Gasteiger partial charge in [0.2, 0.25) is 0 Å². The van der Waals surface area contributed by atoms with Crippen LogP contribution in [0.25, 0.3) is 73.7 Å². The van der Waals surface area contributed by atoms with E-state index in [-0.39, 0.29) is 0 Å². The maximum atomic E-state index is 10.7. The number of benzene rings is 6. The van der Waals surface area contributed by atoms with E-state index in [2.05, 4.69) is 109 Å². The van der Waals surface area contributed by atoms with Crippen LogP contribution in [0.1, 0.15) is 11.1 Å². The minimum Gasteiger partial charge on any atom is -0.192 e. The molecule has 0 saturated heterocycles. The van der Waals surface area contributed by atoms with E-state index in [4.69, 9.17) is 0 Å². The first-order chi connectivity index (χ1) is 20.7. The molecule has 0 amide bonds. The highest BCUT2D eigenvalue weighted by Crippen LogP contribution is 2.44. The van der Waals surface area contributed by atoms with Crippen molar-refractivity contribution in [3.63, 3.8) is 0 Å². The Bertz CT molecular complexity index is 2450. The number of hydrogen-bond acceptors (Lipinski definition) is 4. The zero-order chi connectivity index (χ0) is 28.2. The average Bonchev–Trinajstić information content (AvgIpc) is 3.61. The predicted octanol–water partition coefficient (Wildman–Crippen LogP) is 11.2. The second-order valence-electron chi connectivity index (χ2n) is 10.3. The first-order valence-electron chi connectivity index (χ1n) is 13.6. The molecule has 2 heterocycles. The van der Waals surface area contributed by atoms with Crippen LogP contribution in [-0.2, 0) is 0 Å². The smallest absolute Gasteiger partial charge is 0.100 e. The van der Waals surface area contributed by atoms with Gasteiger partial charge in [0.1, 0.15) is 6.07 Å². The number of nitriles is 2. The molecule has 2 aromatic heterocycles. The Labute approximate surface area is 250 Å². The highest BCUT2D eigenvalue weighted by Gasteiger charge is 2.21. The molecule has 0 saturated carbocycles. The Kier molecular flexibility index (Phi) is 5.66. The van der Waals surface area contributed by atoms with Gasteiger partial charge in [-0.05, 0) is 47.0 Å². The highest BCUT2D eigenvalue weighted by atomic mass is 32.1. The molecule has 4 heteroatoms. The third-order valence-electron chi connectivity index (χ3n) is 8.01. The van der Waals surface area contributed by atoms with Crippen LogP contribution in [-0.4, -0.2) is 0 Å². The zero-order valence-corrected chi connectivity index (χ0v) is 23.9. The van der Waals surface area contributed by atoms with Gasteiger partial charge in [0.15, 0.2) is 0 Å². The van der Waals surface area contributed by atoms with Crippen molar-refractivity contribution in [1.82, 2.24) is 0 Å². The molecule has 0 fully saturated rings. The second kappa shape index (κ2) is 9.68. The van der Waals surface area contributed by atoms with E-state index >= 15 is 0 Å². The van der Waals surface area contributed by atoms with Crippen molar-refractivity contribution in [2.24, 2.45) is 0 Å². The van der Waals surface area contributed by atoms with Gasteiger partial charge in [-0.3, -0.25) is 0 Å². The van der Waals surface area contributed by atoms with Gasteiger partial charge in [0.25, 0.3) is 0 Å². The predicted molar refractivity (Wildman–Crippen MR) is 178 cm³/mol.